The van der Waals surface area contributed by atoms with Gasteiger partial charge in [0.1, 0.15) is 5.75 Å². The Labute approximate surface area is 228 Å². The molecule has 0 radical (unpaired) electrons. The summed E-state index contributed by atoms with van der Waals surface area (Å²) in [5.41, 5.74) is 4.33. The van der Waals surface area contributed by atoms with Crippen molar-refractivity contribution in [3.8, 4) is 5.75 Å². The van der Waals surface area contributed by atoms with Crippen molar-refractivity contribution in [2.24, 2.45) is 0 Å². The summed E-state index contributed by atoms with van der Waals surface area (Å²) in [5, 5.41) is 2.89. The lowest BCUT2D eigenvalue weighted by Crippen LogP contribution is -2.48. The van der Waals surface area contributed by atoms with Gasteiger partial charge in [-0.25, -0.2) is 0 Å². The number of hydrogen-bond acceptors (Lipinski definition) is 4. The monoisotopic (exact) mass is 611 g/mol. The van der Waals surface area contributed by atoms with Crippen LogP contribution < -0.4 is 15.0 Å². The van der Waals surface area contributed by atoms with Crippen LogP contribution >= 0.6 is 31.9 Å². The number of aryl methyl sites for hydroxylation is 1. The van der Waals surface area contributed by atoms with Gasteiger partial charge < -0.3 is 19.9 Å². The van der Waals surface area contributed by atoms with Gasteiger partial charge in [0.25, 0.3) is 5.91 Å². The highest BCUT2D eigenvalue weighted by molar-refractivity contribution is 9.11. The lowest BCUT2D eigenvalue weighted by molar-refractivity contribution is -0.111. The number of methoxy groups -OCH3 is 1. The number of ether oxygens (including phenoxy) is 1. The summed E-state index contributed by atoms with van der Waals surface area (Å²) in [7, 11) is 1.59. The number of benzene rings is 3. The Morgan fingerprint density at radius 1 is 0.972 bits per heavy atom. The molecular weight excluding hydrogens is 586 g/mol. The zero-order valence-corrected chi connectivity index (χ0v) is 23.3. The minimum Gasteiger partial charge on any atom is -0.495 e. The van der Waals surface area contributed by atoms with E-state index >= 15 is 0 Å². The van der Waals surface area contributed by atoms with Gasteiger partial charge in [-0.1, -0.05) is 34.1 Å². The van der Waals surface area contributed by atoms with Crippen molar-refractivity contribution in [1.29, 1.82) is 0 Å². The smallest absolute Gasteiger partial charge is 0.254 e. The van der Waals surface area contributed by atoms with Gasteiger partial charge >= 0.3 is 0 Å². The highest BCUT2D eigenvalue weighted by atomic mass is 79.9. The van der Waals surface area contributed by atoms with Crippen molar-refractivity contribution >= 4 is 61.1 Å². The molecule has 0 unspecified atom stereocenters. The lowest BCUT2D eigenvalue weighted by atomic mass is 10.1. The van der Waals surface area contributed by atoms with Crippen molar-refractivity contribution in [2.75, 3.05) is 43.5 Å². The second-order valence-electron chi connectivity index (χ2n) is 8.47. The standard InChI is InChI=1S/C28H27Br2N3O3/c1-19-5-3-4-6-24(19)28(35)33-15-13-32(14-16-33)23-10-8-22(9-11-23)31-26(34)12-7-20-17-21(29)18-25(30)27(20)36-2/h3-12,17-18H,13-16H2,1-2H3,(H,31,34). The van der Waals surface area contributed by atoms with Gasteiger partial charge in [-0.2, -0.15) is 0 Å². The maximum Gasteiger partial charge on any atom is 0.254 e. The molecule has 1 aliphatic heterocycles. The van der Waals surface area contributed by atoms with E-state index in [2.05, 4.69) is 42.1 Å². The number of carbonyl (C=O) groups excluding carboxylic acids is 2. The van der Waals surface area contributed by atoms with Crippen LogP contribution in [0.25, 0.3) is 6.08 Å². The van der Waals surface area contributed by atoms with Crippen LogP contribution in [0.4, 0.5) is 11.4 Å². The summed E-state index contributed by atoms with van der Waals surface area (Å²) in [6.07, 6.45) is 3.20. The van der Waals surface area contributed by atoms with Gasteiger partial charge in [0.15, 0.2) is 0 Å². The molecule has 2 amide bonds. The SMILES string of the molecule is COc1c(Br)cc(Br)cc1C=CC(=O)Nc1ccc(N2CCN(C(=O)c3ccccc3C)CC2)cc1. The Morgan fingerprint density at radius 2 is 1.67 bits per heavy atom. The molecule has 0 aromatic heterocycles. The molecule has 1 N–H and O–H groups in total. The molecule has 3 aromatic rings. The number of anilines is 2. The van der Waals surface area contributed by atoms with Crippen LogP contribution in [0.5, 0.6) is 5.75 Å². The average molecular weight is 613 g/mol. The predicted molar refractivity (Wildman–Crippen MR) is 152 cm³/mol. The topological polar surface area (TPSA) is 61.9 Å². The van der Waals surface area contributed by atoms with Gasteiger partial charge in [-0.3, -0.25) is 9.59 Å². The van der Waals surface area contributed by atoms with E-state index < -0.39 is 0 Å². The van der Waals surface area contributed by atoms with E-state index in [1.54, 1.807) is 13.2 Å². The normalized spacial score (nSPS) is 13.7. The van der Waals surface area contributed by atoms with Gasteiger partial charge in [-0.05, 0) is 77.0 Å². The number of nitrogens with zero attached hydrogens (tertiary/aromatic N) is 2. The summed E-state index contributed by atoms with van der Waals surface area (Å²) in [4.78, 5) is 29.5. The van der Waals surface area contributed by atoms with E-state index in [-0.39, 0.29) is 11.8 Å². The Kier molecular flexibility index (Phi) is 8.48. The Bertz CT molecular complexity index is 1280. The zero-order chi connectivity index (χ0) is 25.7. The average Bonchev–Trinajstić information content (AvgIpc) is 2.88. The van der Waals surface area contributed by atoms with Crippen LogP contribution in [-0.2, 0) is 4.79 Å². The Morgan fingerprint density at radius 3 is 2.33 bits per heavy atom. The highest BCUT2D eigenvalue weighted by Gasteiger charge is 2.23. The Hall–Kier alpha value is -3.10. The molecular formula is C28H27Br2N3O3. The molecule has 36 heavy (non-hydrogen) atoms. The van der Waals surface area contributed by atoms with E-state index in [4.69, 9.17) is 4.74 Å². The van der Waals surface area contributed by atoms with Crippen LogP contribution in [-0.4, -0.2) is 50.0 Å². The molecule has 0 bridgehead atoms. The minimum absolute atomic E-state index is 0.0895. The van der Waals surface area contributed by atoms with Crippen LogP contribution in [0, 0.1) is 6.92 Å². The van der Waals surface area contributed by atoms with Gasteiger partial charge in [0.05, 0.1) is 11.6 Å². The number of carbonyl (C=O) groups is 2. The summed E-state index contributed by atoms with van der Waals surface area (Å²) >= 11 is 6.93. The predicted octanol–water partition coefficient (Wildman–Crippen LogP) is 6.14. The van der Waals surface area contributed by atoms with E-state index in [9.17, 15) is 9.59 Å². The van der Waals surface area contributed by atoms with Crippen molar-refractivity contribution in [3.05, 3.63) is 92.4 Å². The first kappa shape index (κ1) is 26.0. The van der Waals surface area contributed by atoms with Crippen molar-refractivity contribution in [1.82, 2.24) is 4.90 Å². The fourth-order valence-corrected chi connectivity index (χ4v) is 5.60. The van der Waals surface area contributed by atoms with Crippen molar-refractivity contribution in [3.63, 3.8) is 0 Å². The Balaban J connectivity index is 1.33. The minimum atomic E-state index is -0.232. The van der Waals surface area contributed by atoms with Crippen molar-refractivity contribution < 1.29 is 14.3 Å². The fourth-order valence-electron chi connectivity index (χ4n) is 4.18. The molecule has 1 fully saturated rings. The zero-order valence-electron chi connectivity index (χ0n) is 20.1. The number of amides is 2. The van der Waals surface area contributed by atoms with Crippen LogP contribution in [0.1, 0.15) is 21.5 Å². The van der Waals surface area contributed by atoms with Crippen LogP contribution in [0.15, 0.2) is 75.7 Å². The molecule has 1 saturated heterocycles. The quantitative estimate of drug-likeness (QED) is 0.340. The van der Waals surface area contributed by atoms with E-state index in [1.807, 2.05) is 72.5 Å². The number of hydrogen-bond donors (Lipinski definition) is 1. The summed E-state index contributed by atoms with van der Waals surface area (Å²) in [6, 6.07) is 19.3. The first-order chi connectivity index (χ1) is 17.4. The molecule has 3 aromatic carbocycles. The summed E-state index contributed by atoms with van der Waals surface area (Å²) in [6.45, 7) is 4.83. The molecule has 0 atom stereocenters. The first-order valence-corrected chi connectivity index (χ1v) is 13.2. The van der Waals surface area contributed by atoms with Gasteiger partial charge in [0.2, 0.25) is 5.91 Å². The number of rotatable bonds is 6. The molecule has 0 spiro atoms. The van der Waals surface area contributed by atoms with Gasteiger partial charge in [0, 0.05) is 59.2 Å². The fraction of sp³-hybridized carbons (Fsp3) is 0.214. The second-order valence-corrected chi connectivity index (χ2v) is 10.2. The molecule has 186 valence electrons. The molecule has 1 heterocycles. The van der Waals surface area contributed by atoms with Crippen LogP contribution in [0.2, 0.25) is 0 Å². The van der Waals surface area contributed by atoms with Crippen molar-refractivity contribution in [2.45, 2.75) is 6.92 Å². The van der Waals surface area contributed by atoms with Gasteiger partial charge in [-0.15, -0.1) is 0 Å². The highest BCUT2D eigenvalue weighted by Crippen LogP contribution is 2.33. The first-order valence-electron chi connectivity index (χ1n) is 11.6. The summed E-state index contributed by atoms with van der Waals surface area (Å²) in [5.74, 6) is 0.517. The molecule has 8 heteroatoms. The van der Waals surface area contributed by atoms with E-state index in [1.165, 1.54) is 6.08 Å². The van der Waals surface area contributed by atoms with Crippen LogP contribution in [0.3, 0.4) is 0 Å². The molecule has 4 rings (SSSR count). The molecule has 1 aliphatic rings. The summed E-state index contributed by atoms with van der Waals surface area (Å²) < 4.78 is 7.10. The number of halogens is 2. The second kappa shape index (κ2) is 11.8. The van der Waals surface area contributed by atoms with E-state index in [0.717, 1.165) is 44.4 Å². The number of nitrogens with one attached hydrogen (secondary N) is 1. The third-order valence-electron chi connectivity index (χ3n) is 6.10. The molecule has 0 saturated carbocycles. The maximum absolute atomic E-state index is 12.9. The van der Waals surface area contributed by atoms with E-state index in [0.29, 0.717) is 24.5 Å². The molecule has 0 aliphatic carbocycles. The maximum atomic E-state index is 12.9. The third kappa shape index (κ3) is 6.17. The number of piperazine rings is 1. The third-order valence-corrected chi connectivity index (χ3v) is 7.14. The largest absolute Gasteiger partial charge is 0.495 e. The lowest BCUT2D eigenvalue weighted by Gasteiger charge is -2.36. The molecule has 6 nitrogen and oxygen atoms in total.